The molecule has 25 heavy (non-hydrogen) atoms. The molecule has 130 valence electrons. The SMILES string of the molecule is Cc1cc(C)c(C(=O)C=C(N)C(=O)c2c(C)cc(C)cc2C)c(C)c1. The average molecular weight is 335 g/mol. The Morgan fingerprint density at radius 1 is 0.720 bits per heavy atom. The molecule has 0 heterocycles. The van der Waals surface area contributed by atoms with E-state index in [1.54, 1.807) is 0 Å². The van der Waals surface area contributed by atoms with E-state index in [4.69, 9.17) is 5.73 Å². The summed E-state index contributed by atoms with van der Waals surface area (Å²) in [5, 5.41) is 0. The zero-order valence-corrected chi connectivity index (χ0v) is 15.8. The summed E-state index contributed by atoms with van der Waals surface area (Å²) in [5.41, 5.74) is 12.9. The maximum atomic E-state index is 12.7. The van der Waals surface area contributed by atoms with Crippen molar-refractivity contribution in [1.29, 1.82) is 0 Å². The van der Waals surface area contributed by atoms with Gasteiger partial charge >= 0.3 is 0 Å². The highest BCUT2D eigenvalue weighted by Crippen LogP contribution is 2.21. The zero-order valence-electron chi connectivity index (χ0n) is 15.8. The predicted octanol–water partition coefficient (Wildman–Crippen LogP) is 4.45. The second kappa shape index (κ2) is 7.06. The van der Waals surface area contributed by atoms with Gasteiger partial charge in [-0.05, 0) is 63.8 Å². The van der Waals surface area contributed by atoms with E-state index in [0.717, 1.165) is 33.4 Å². The molecule has 0 aromatic heterocycles. The minimum absolute atomic E-state index is 0.0283. The lowest BCUT2D eigenvalue weighted by Crippen LogP contribution is -2.17. The molecule has 0 aliphatic carbocycles. The number of aryl methyl sites for hydroxylation is 6. The van der Waals surface area contributed by atoms with Gasteiger partial charge in [0.2, 0.25) is 5.78 Å². The topological polar surface area (TPSA) is 60.2 Å². The van der Waals surface area contributed by atoms with E-state index < -0.39 is 0 Å². The first-order valence-electron chi connectivity index (χ1n) is 8.33. The third kappa shape index (κ3) is 3.87. The molecule has 2 N–H and O–H groups in total. The summed E-state index contributed by atoms with van der Waals surface area (Å²) in [6.07, 6.45) is 1.26. The highest BCUT2D eigenvalue weighted by molar-refractivity contribution is 6.16. The fraction of sp³-hybridized carbons (Fsp3) is 0.273. The molecule has 3 nitrogen and oxygen atoms in total. The normalized spacial score (nSPS) is 11.5. The fourth-order valence-corrected chi connectivity index (χ4v) is 3.53. The molecular formula is C22H25NO2. The number of carbonyl (C=O) groups is 2. The molecule has 0 fully saturated rings. The monoisotopic (exact) mass is 335 g/mol. The molecule has 3 heteroatoms. The fourth-order valence-electron chi connectivity index (χ4n) is 3.53. The number of hydrogen-bond acceptors (Lipinski definition) is 3. The molecule has 0 aliphatic rings. The molecule has 2 aromatic carbocycles. The van der Waals surface area contributed by atoms with Crippen LogP contribution in [0, 0.1) is 41.5 Å². The first-order chi connectivity index (χ1) is 11.6. The van der Waals surface area contributed by atoms with Crippen LogP contribution in [0.1, 0.15) is 54.1 Å². The first-order valence-corrected chi connectivity index (χ1v) is 8.33. The second-order valence-electron chi connectivity index (χ2n) is 6.84. The summed E-state index contributed by atoms with van der Waals surface area (Å²) < 4.78 is 0. The van der Waals surface area contributed by atoms with E-state index in [1.165, 1.54) is 6.08 Å². The molecule has 0 radical (unpaired) electrons. The van der Waals surface area contributed by atoms with Gasteiger partial charge in [-0.2, -0.15) is 0 Å². The van der Waals surface area contributed by atoms with Gasteiger partial charge < -0.3 is 5.73 Å². The first kappa shape index (κ1) is 18.7. The van der Waals surface area contributed by atoms with E-state index in [2.05, 4.69) is 0 Å². The number of nitrogens with two attached hydrogens (primary N) is 1. The van der Waals surface area contributed by atoms with Crippen molar-refractivity contribution in [2.45, 2.75) is 41.5 Å². The van der Waals surface area contributed by atoms with E-state index in [9.17, 15) is 9.59 Å². The number of Topliss-reactive ketones (excluding diaryl/α,β-unsaturated/α-hetero) is 1. The maximum Gasteiger partial charge on any atom is 0.209 e. The van der Waals surface area contributed by atoms with Gasteiger partial charge in [0.1, 0.15) is 0 Å². The van der Waals surface area contributed by atoms with Crippen LogP contribution in [0.15, 0.2) is 36.0 Å². The van der Waals surface area contributed by atoms with Crippen LogP contribution < -0.4 is 5.73 Å². The Bertz CT molecular complexity index is 858. The third-order valence-corrected chi connectivity index (χ3v) is 4.38. The van der Waals surface area contributed by atoms with Crippen LogP contribution in [-0.2, 0) is 0 Å². The van der Waals surface area contributed by atoms with Crippen LogP contribution in [0.2, 0.25) is 0 Å². The maximum absolute atomic E-state index is 12.7. The summed E-state index contributed by atoms with van der Waals surface area (Å²) >= 11 is 0. The summed E-state index contributed by atoms with van der Waals surface area (Å²) in [4.78, 5) is 25.4. The summed E-state index contributed by atoms with van der Waals surface area (Å²) in [6, 6.07) is 7.81. The zero-order chi connectivity index (χ0) is 18.9. The van der Waals surface area contributed by atoms with Gasteiger partial charge in [-0.1, -0.05) is 35.4 Å². The number of hydrogen-bond donors (Lipinski definition) is 1. The van der Waals surface area contributed by atoms with Crippen LogP contribution in [0.4, 0.5) is 0 Å². The van der Waals surface area contributed by atoms with E-state index in [-0.39, 0.29) is 17.3 Å². The van der Waals surface area contributed by atoms with Crippen molar-refractivity contribution in [2.75, 3.05) is 0 Å². The van der Waals surface area contributed by atoms with Crippen LogP contribution in [0.3, 0.4) is 0 Å². The summed E-state index contributed by atoms with van der Waals surface area (Å²) in [5.74, 6) is -0.533. The lowest BCUT2D eigenvalue weighted by Gasteiger charge is -2.11. The van der Waals surface area contributed by atoms with Gasteiger partial charge in [-0.15, -0.1) is 0 Å². The molecule has 0 saturated heterocycles. The van der Waals surface area contributed by atoms with Crippen molar-refractivity contribution < 1.29 is 9.59 Å². The van der Waals surface area contributed by atoms with Crippen molar-refractivity contribution >= 4 is 11.6 Å². The smallest absolute Gasteiger partial charge is 0.209 e. The van der Waals surface area contributed by atoms with Gasteiger partial charge in [0.05, 0.1) is 5.70 Å². The molecule has 2 rings (SSSR count). The quantitative estimate of drug-likeness (QED) is 0.663. The molecule has 0 aliphatic heterocycles. The van der Waals surface area contributed by atoms with Gasteiger partial charge in [0, 0.05) is 17.2 Å². The van der Waals surface area contributed by atoms with Gasteiger partial charge in [0.15, 0.2) is 5.78 Å². The van der Waals surface area contributed by atoms with Crippen LogP contribution in [0.5, 0.6) is 0 Å². The molecule has 0 atom stereocenters. The van der Waals surface area contributed by atoms with Crippen LogP contribution >= 0.6 is 0 Å². The number of benzene rings is 2. The molecule has 2 aromatic rings. The third-order valence-electron chi connectivity index (χ3n) is 4.38. The van der Waals surface area contributed by atoms with Crippen LogP contribution in [0.25, 0.3) is 0 Å². The molecule has 0 unspecified atom stereocenters. The van der Waals surface area contributed by atoms with Crippen molar-refractivity contribution in [3.63, 3.8) is 0 Å². The van der Waals surface area contributed by atoms with Crippen molar-refractivity contribution in [3.8, 4) is 0 Å². The molecule has 0 saturated carbocycles. The van der Waals surface area contributed by atoms with Gasteiger partial charge in [0.25, 0.3) is 0 Å². The van der Waals surface area contributed by atoms with Crippen molar-refractivity contribution in [3.05, 3.63) is 80.5 Å². The van der Waals surface area contributed by atoms with Gasteiger partial charge in [-0.3, -0.25) is 9.59 Å². The second-order valence-corrected chi connectivity index (χ2v) is 6.84. The summed E-state index contributed by atoms with van der Waals surface area (Å²) in [7, 11) is 0. The Kier molecular flexibility index (Phi) is 5.27. The Hall–Kier alpha value is -2.68. The number of ketones is 2. The molecule has 0 amide bonds. The minimum Gasteiger partial charge on any atom is -0.395 e. The highest BCUT2D eigenvalue weighted by Gasteiger charge is 2.18. The standard InChI is InChI=1S/C22H25NO2/c1-12-7-14(3)20(15(4)8-12)19(24)11-18(23)22(25)21-16(5)9-13(2)10-17(21)6/h7-11H,23H2,1-6H3. The van der Waals surface area contributed by atoms with E-state index >= 15 is 0 Å². The Labute approximate surface area is 149 Å². The lowest BCUT2D eigenvalue weighted by molar-refractivity contribution is 0.101. The largest absolute Gasteiger partial charge is 0.395 e. The molecule has 0 spiro atoms. The summed E-state index contributed by atoms with van der Waals surface area (Å²) in [6.45, 7) is 11.5. The molecule has 0 bridgehead atoms. The van der Waals surface area contributed by atoms with E-state index in [1.807, 2.05) is 65.8 Å². The lowest BCUT2D eigenvalue weighted by atomic mass is 9.93. The van der Waals surface area contributed by atoms with Crippen molar-refractivity contribution in [1.82, 2.24) is 0 Å². The predicted molar refractivity (Wildman–Crippen MR) is 102 cm³/mol. The highest BCUT2D eigenvalue weighted by atomic mass is 16.1. The minimum atomic E-state index is -0.300. The van der Waals surface area contributed by atoms with Crippen LogP contribution in [-0.4, -0.2) is 11.6 Å². The Balaban J connectivity index is 2.42. The number of rotatable bonds is 4. The van der Waals surface area contributed by atoms with E-state index in [0.29, 0.717) is 11.1 Å². The van der Waals surface area contributed by atoms with Crippen molar-refractivity contribution in [2.24, 2.45) is 5.73 Å². The average Bonchev–Trinajstić information content (AvgIpc) is 2.44. The Morgan fingerprint density at radius 2 is 1.08 bits per heavy atom. The Morgan fingerprint density at radius 3 is 1.48 bits per heavy atom. The van der Waals surface area contributed by atoms with Gasteiger partial charge in [-0.25, -0.2) is 0 Å². The number of carbonyl (C=O) groups excluding carboxylic acids is 2. The molecular weight excluding hydrogens is 310 g/mol. The number of allylic oxidation sites excluding steroid dienone is 2.